The minimum Gasteiger partial charge on any atom is -0.493 e. The average Bonchev–Trinajstić information content (AvgIpc) is 2.96. The Kier molecular flexibility index (Phi) is 8.44. The van der Waals surface area contributed by atoms with Crippen molar-refractivity contribution >= 4 is 43.3 Å². The van der Waals surface area contributed by atoms with Gasteiger partial charge in [0.05, 0.1) is 29.7 Å². The van der Waals surface area contributed by atoms with E-state index in [1.54, 1.807) is 13.0 Å². The summed E-state index contributed by atoms with van der Waals surface area (Å²) in [7, 11) is -3.60. The van der Waals surface area contributed by atoms with Gasteiger partial charge in [0.15, 0.2) is 11.5 Å². The number of hydrogen-bond donors (Lipinski definition) is 2. The van der Waals surface area contributed by atoms with E-state index < -0.39 is 26.0 Å². The van der Waals surface area contributed by atoms with Crippen molar-refractivity contribution in [2.75, 3.05) is 35.6 Å². The Morgan fingerprint density at radius 1 is 0.829 bits per heavy atom. The van der Waals surface area contributed by atoms with Gasteiger partial charge in [-0.1, -0.05) is 0 Å². The molecule has 0 unspecified atom stereocenters. The number of ether oxygens (including phenoxy) is 2. The van der Waals surface area contributed by atoms with Gasteiger partial charge in [0, 0.05) is 36.3 Å². The smallest absolute Gasteiger partial charge is 0.264 e. The molecule has 4 aromatic rings. The van der Waals surface area contributed by atoms with Crippen LogP contribution in [0.3, 0.4) is 0 Å². The predicted octanol–water partition coefficient (Wildman–Crippen LogP) is 3.68. The van der Waals surface area contributed by atoms with Gasteiger partial charge in [0.25, 0.3) is 26.0 Å². The van der Waals surface area contributed by atoms with Crippen LogP contribution in [0.5, 0.6) is 11.5 Å². The Bertz CT molecular complexity index is 1780. The molecule has 4 rings (SSSR count). The molecule has 0 radical (unpaired) electrons. The topological polar surface area (TPSA) is 157 Å². The molecule has 214 valence electrons. The maximum Gasteiger partial charge on any atom is 0.264 e. The van der Waals surface area contributed by atoms with Crippen LogP contribution in [-0.4, -0.2) is 54.0 Å². The van der Waals surface area contributed by atoms with E-state index in [9.17, 15) is 21.6 Å². The van der Waals surface area contributed by atoms with Gasteiger partial charge in [-0.3, -0.25) is 9.10 Å². The molecule has 0 aliphatic heterocycles. The summed E-state index contributed by atoms with van der Waals surface area (Å²) < 4.78 is 65.4. The first-order valence-corrected chi connectivity index (χ1v) is 14.9. The number of carbonyl (C=O) groups is 1. The standard InChI is InChI=1S/C27H27N5O7S2/c1-18-15-16-28-27(29-18)31-40(34,35)22-11-7-20(8-12-22)30-26(33)19-5-9-21(10-6-19)32(2)41(36,37)23-13-14-24(38-3)25(17-23)39-4/h5-17H,1-4H3,(H,30,33)(H,28,29,31). The van der Waals surface area contributed by atoms with Gasteiger partial charge in [-0.25, -0.2) is 31.5 Å². The Labute approximate surface area is 238 Å². The summed E-state index contributed by atoms with van der Waals surface area (Å²) in [5.74, 6) is 0.155. The van der Waals surface area contributed by atoms with E-state index in [1.165, 1.54) is 94.2 Å². The normalized spacial score (nSPS) is 11.4. The molecule has 41 heavy (non-hydrogen) atoms. The lowest BCUT2D eigenvalue weighted by Crippen LogP contribution is -2.26. The molecular formula is C27H27N5O7S2. The van der Waals surface area contributed by atoms with Crippen LogP contribution in [0, 0.1) is 6.92 Å². The molecule has 3 aromatic carbocycles. The van der Waals surface area contributed by atoms with Gasteiger partial charge in [-0.15, -0.1) is 0 Å². The predicted molar refractivity (Wildman–Crippen MR) is 154 cm³/mol. The number of carbonyl (C=O) groups excluding carboxylic acids is 1. The van der Waals surface area contributed by atoms with E-state index in [2.05, 4.69) is 20.0 Å². The van der Waals surface area contributed by atoms with Gasteiger partial charge in [0.2, 0.25) is 5.95 Å². The molecule has 0 saturated heterocycles. The number of hydrogen-bond acceptors (Lipinski definition) is 9. The fourth-order valence-corrected chi connectivity index (χ4v) is 5.86. The van der Waals surface area contributed by atoms with Crippen LogP contribution in [0.2, 0.25) is 0 Å². The summed E-state index contributed by atoms with van der Waals surface area (Å²) in [6.07, 6.45) is 1.45. The zero-order chi connectivity index (χ0) is 29.8. The van der Waals surface area contributed by atoms with E-state index in [1.807, 2.05) is 0 Å². The van der Waals surface area contributed by atoms with Gasteiger partial charge >= 0.3 is 0 Å². The second-order valence-electron chi connectivity index (χ2n) is 8.64. The van der Waals surface area contributed by atoms with Crippen LogP contribution in [0.25, 0.3) is 0 Å². The minimum atomic E-state index is -3.93. The summed E-state index contributed by atoms with van der Waals surface area (Å²) in [5, 5.41) is 2.69. The number of amides is 1. The van der Waals surface area contributed by atoms with Gasteiger partial charge < -0.3 is 14.8 Å². The molecule has 0 aliphatic carbocycles. The van der Waals surface area contributed by atoms with Crippen LogP contribution < -0.4 is 23.8 Å². The molecule has 0 aliphatic rings. The first kappa shape index (κ1) is 29.3. The lowest BCUT2D eigenvalue weighted by atomic mass is 10.2. The highest BCUT2D eigenvalue weighted by Gasteiger charge is 2.23. The molecule has 0 bridgehead atoms. The van der Waals surface area contributed by atoms with E-state index in [0.29, 0.717) is 22.8 Å². The summed E-state index contributed by atoms with van der Waals surface area (Å²) in [5.41, 5.74) is 1.56. The van der Waals surface area contributed by atoms with Crippen molar-refractivity contribution in [1.82, 2.24) is 9.97 Å². The Balaban J connectivity index is 1.44. The maximum absolute atomic E-state index is 13.2. The van der Waals surface area contributed by atoms with E-state index in [0.717, 1.165) is 4.31 Å². The van der Waals surface area contributed by atoms with Crippen LogP contribution in [-0.2, 0) is 20.0 Å². The quantitative estimate of drug-likeness (QED) is 0.278. The summed E-state index contributed by atoms with van der Waals surface area (Å²) in [6, 6.07) is 17.5. The number of nitrogens with one attached hydrogen (secondary N) is 2. The van der Waals surface area contributed by atoms with Gasteiger partial charge in [-0.05, 0) is 73.7 Å². The van der Waals surface area contributed by atoms with Crippen LogP contribution in [0.4, 0.5) is 17.3 Å². The number of anilines is 3. The third kappa shape index (κ3) is 6.56. The van der Waals surface area contributed by atoms with Crippen molar-refractivity contribution in [2.45, 2.75) is 16.7 Å². The fourth-order valence-electron chi connectivity index (χ4n) is 3.69. The highest BCUT2D eigenvalue weighted by Crippen LogP contribution is 2.31. The lowest BCUT2D eigenvalue weighted by Gasteiger charge is -2.20. The molecule has 1 amide bonds. The van der Waals surface area contributed by atoms with E-state index in [-0.39, 0.29) is 27.1 Å². The number of benzene rings is 3. The van der Waals surface area contributed by atoms with E-state index >= 15 is 0 Å². The summed E-state index contributed by atoms with van der Waals surface area (Å²) >= 11 is 0. The molecule has 2 N–H and O–H groups in total. The Morgan fingerprint density at radius 3 is 2.07 bits per heavy atom. The highest BCUT2D eigenvalue weighted by atomic mass is 32.2. The molecule has 1 aromatic heterocycles. The monoisotopic (exact) mass is 597 g/mol. The number of aromatic nitrogens is 2. The molecule has 12 nitrogen and oxygen atoms in total. The third-order valence-electron chi connectivity index (χ3n) is 5.95. The first-order chi connectivity index (χ1) is 19.4. The highest BCUT2D eigenvalue weighted by molar-refractivity contribution is 7.93. The molecular weight excluding hydrogens is 570 g/mol. The minimum absolute atomic E-state index is 0.00605. The number of methoxy groups -OCH3 is 2. The average molecular weight is 598 g/mol. The van der Waals surface area contributed by atoms with Crippen LogP contribution in [0.15, 0.2) is 88.8 Å². The second kappa shape index (κ2) is 11.8. The van der Waals surface area contributed by atoms with Crippen molar-refractivity contribution in [1.29, 1.82) is 0 Å². The largest absolute Gasteiger partial charge is 0.493 e. The molecule has 0 saturated carbocycles. The fraction of sp³-hybridized carbons (Fsp3) is 0.148. The summed E-state index contributed by atoms with van der Waals surface area (Å²) in [6.45, 7) is 1.71. The maximum atomic E-state index is 13.2. The van der Waals surface area contributed by atoms with Crippen molar-refractivity contribution in [2.24, 2.45) is 0 Å². The number of rotatable bonds is 10. The first-order valence-electron chi connectivity index (χ1n) is 12.0. The Morgan fingerprint density at radius 2 is 1.46 bits per heavy atom. The van der Waals surface area contributed by atoms with E-state index in [4.69, 9.17) is 9.47 Å². The molecule has 1 heterocycles. The molecule has 0 atom stereocenters. The van der Waals surface area contributed by atoms with Gasteiger partial charge in [0.1, 0.15) is 0 Å². The third-order valence-corrected chi connectivity index (χ3v) is 9.08. The number of aryl methyl sites for hydroxylation is 1. The van der Waals surface area contributed by atoms with Crippen molar-refractivity contribution in [3.05, 3.63) is 90.3 Å². The second-order valence-corrected chi connectivity index (χ2v) is 12.3. The zero-order valence-electron chi connectivity index (χ0n) is 22.5. The summed E-state index contributed by atoms with van der Waals surface area (Å²) in [4.78, 5) is 20.7. The van der Waals surface area contributed by atoms with Crippen molar-refractivity contribution in [3.63, 3.8) is 0 Å². The van der Waals surface area contributed by atoms with Crippen LogP contribution in [0.1, 0.15) is 16.1 Å². The SMILES string of the molecule is COc1ccc(S(=O)(=O)N(C)c2ccc(C(=O)Nc3ccc(S(=O)(=O)Nc4nccc(C)n4)cc3)cc2)cc1OC. The molecule has 0 spiro atoms. The zero-order valence-corrected chi connectivity index (χ0v) is 24.2. The number of sulfonamides is 2. The molecule has 14 heteroatoms. The Hall–Kier alpha value is -4.69. The molecule has 0 fully saturated rings. The lowest BCUT2D eigenvalue weighted by molar-refractivity contribution is 0.102. The van der Waals surface area contributed by atoms with Crippen molar-refractivity contribution in [3.8, 4) is 11.5 Å². The van der Waals surface area contributed by atoms with Crippen LogP contribution >= 0.6 is 0 Å². The number of nitrogens with zero attached hydrogens (tertiary/aromatic N) is 3. The van der Waals surface area contributed by atoms with Gasteiger partial charge in [-0.2, -0.15) is 0 Å². The van der Waals surface area contributed by atoms with Crippen molar-refractivity contribution < 1.29 is 31.1 Å².